The summed E-state index contributed by atoms with van der Waals surface area (Å²) >= 11 is 0. The summed E-state index contributed by atoms with van der Waals surface area (Å²) < 4.78 is 26.0. The zero-order chi connectivity index (χ0) is 21.4. The molecule has 2 aliphatic heterocycles. The van der Waals surface area contributed by atoms with E-state index in [1.165, 1.54) is 33.5 Å². The number of carbonyl (C=O) groups is 3. The Balaban J connectivity index is 1.75. The Kier molecular flexibility index (Phi) is 4.94. The summed E-state index contributed by atoms with van der Waals surface area (Å²) in [5.74, 6) is -0.537. The fourth-order valence-electron chi connectivity index (χ4n) is 3.62. The SMILES string of the molecule is COC(=O)c1c(C(=O)N2CCc3cc4c(cc3C2=O)OCO4)ccc(OC)c1OC. The van der Waals surface area contributed by atoms with Gasteiger partial charge in [-0.3, -0.25) is 14.5 Å². The highest BCUT2D eigenvalue weighted by atomic mass is 16.7. The second kappa shape index (κ2) is 7.58. The molecule has 0 saturated heterocycles. The molecule has 156 valence electrons. The van der Waals surface area contributed by atoms with Crippen molar-refractivity contribution in [2.45, 2.75) is 6.42 Å². The van der Waals surface area contributed by atoms with Crippen molar-refractivity contribution in [3.05, 3.63) is 46.5 Å². The van der Waals surface area contributed by atoms with E-state index in [0.29, 0.717) is 23.5 Å². The van der Waals surface area contributed by atoms with Crippen molar-refractivity contribution in [1.82, 2.24) is 4.90 Å². The molecule has 2 heterocycles. The highest BCUT2D eigenvalue weighted by Crippen LogP contribution is 2.38. The van der Waals surface area contributed by atoms with Crippen molar-refractivity contribution in [3.8, 4) is 23.0 Å². The number of carbonyl (C=O) groups excluding carboxylic acids is 3. The Hall–Kier alpha value is -3.75. The highest BCUT2D eigenvalue weighted by molar-refractivity contribution is 6.15. The number of esters is 1. The van der Waals surface area contributed by atoms with Crippen molar-refractivity contribution in [2.24, 2.45) is 0 Å². The Morgan fingerprint density at radius 2 is 1.77 bits per heavy atom. The lowest BCUT2D eigenvalue weighted by Gasteiger charge is -2.28. The summed E-state index contributed by atoms with van der Waals surface area (Å²) in [6.45, 7) is 0.239. The topological polar surface area (TPSA) is 101 Å². The molecule has 30 heavy (non-hydrogen) atoms. The van der Waals surface area contributed by atoms with Gasteiger partial charge in [-0.2, -0.15) is 0 Å². The number of fused-ring (bicyclic) bond motifs is 2. The van der Waals surface area contributed by atoms with E-state index in [-0.39, 0.29) is 36.0 Å². The second-order valence-electron chi connectivity index (χ2n) is 6.59. The van der Waals surface area contributed by atoms with E-state index in [2.05, 4.69) is 0 Å². The summed E-state index contributed by atoms with van der Waals surface area (Å²) in [4.78, 5) is 39.9. The summed E-state index contributed by atoms with van der Waals surface area (Å²) in [5, 5.41) is 0. The van der Waals surface area contributed by atoms with E-state index in [0.717, 1.165) is 10.5 Å². The van der Waals surface area contributed by atoms with Crippen molar-refractivity contribution in [2.75, 3.05) is 34.7 Å². The zero-order valence-corrected chi connectivity index (χ0v) is 16.6. The molecule has 2 aromatic rings. The number of hydrogen-bond acceptors (Lipinski definition) is 8. The Morgan fingerprint density at radius 3 is 2.43 bits per heavy atom. The van der Waals surface area contributed by atoms with Crippen LogP contribution < -0.4 is 18.9 Å². The zero-order valence-electron chi connectivity index (χ0n) is 16.6. The number of methoxy groups -OCH3 is 3. The van der Waals surface area contributed by atoms with Crippen LogP contribution in [0, 0.1) is 0 Å². The normalized spacial score (nSPS) is 14.2. The number of hydrogen-bond donors (Lipinski definition) is 0. The lowest BCUT2D eigenvalue weighted by atomic mass is 9.96. The van der Waals surface area contributed by atoms with E-state index in [1.54, 1.807) is 12.1 Å². The first-order chi connectivity index (χ1) is 14.5. The van der Waals surface area contributed by atoms with Crippen LogP contribution in [0.4, 0.5) is 0 Å². The summed E-state index contributed by atoms with van der Waals surface area (Å²) in [5.41, 5.74) is 1.01. The number of amides is 2. The summed E-state index contributed by atoms with van der Waals surface area (Å²) in [7, 11) is 3.96. The molecule has 0 spiro atoms. The van der Waals surface area contributed by atoms with Gasteiger partial charge in [-0.1, -0.05) is 0 Å². The molecule has 0 N–H and O–H groups in total. The molecule has 0 aromatic heterocycles. The minimum absolute atomic E-state index is 0.0166. The van der Waals surface area contributed by atoms with Gasteiger partial charge in [0.2, 0.25) is 6.79 Å². The molecule has 0 bridgehead atoms. The van der Waals surface area contributed by atoms with E-state index in [1.807, 2.05) is 0 Å². The van der Waals surface area contributed by atoms with Gasteiger partial charge in [-0.15, -0.1) is 0 Å². The van der Waals surface area contributed by atoms with Gasteiger partial charge >= 0.3 is 5.97 Å². The smallest absolute Gasteiger partial charge is 0.342 e. The molecule has 9 heteroatoms. The van der Waals surface area contributed by atoms with Crippen LogP contribution in [0.2, 0.25) is 0 Å². The minimum Gasteiger partial charge on any atom is -0.493 e. The number of nitrogens with zero attached hydrogens (tertiary/aromatic N) is 1. The van der Waals surface area contributed by atoms with E-state index < -0.39 is 17.8 Å². The van der Waals surface area contributed by atoms with Gasteiger partial charge in [-0.05, 0) is 36.2 Å². The lowest BCUT2D eigenvalue weighted by molar-refractivity contribution is 0.0560. The molecule has 0 atom stereocenters. The van der Waals surface area contributed by atoms with Crippen LogP contribution in [0.25, 0.3) is 0 Å². The Morgan fingerprint density at radius 1 is 1.03 bits per heavy atom. The lowest BCUT2D eigenvalue weighted by Crippen LogP contribution is -2.42. The van der Waals surface area contributed by atoms with Gasteiger partial charge in [0.25, 0.3) is 11.8 Å². The van der Waals surface area contributed by atoms with Crippen molar-refractivity contribution in [3.63, 3.8) is 0 Å². The minimum atomic E-state index is -0.776. The van der Waals surface area contributed by atoms with Crippen molar-refractivity contribution in [1.29, 1.82) is 0 Å². The predicted octanol–water partition coefficient (Wildman–Crippen LogP) is 2.06. The van der Waals surface area contributed by atoms with E-state index in [9.17, 15) is 14.4 Å². The molecule has 0 fully saturated rings. The van der Waals surface area contributed by atoms with Crippen LogP contribution in [0.5, 0.6) is 23.0 Å². The molecule has 2 aliphatic rings. The molecular formula is C21H19NO8. The Bertz CT molecular complexity index is 1060. The maximum absolute atomic E-state index is 13.3. The molecule has 4 rings (SSSR count). The third-order valence-electron chi connectivity index (χ3n) is 5.09. The first-order valence-electron chi connectivity index (χ1n) is 9.12. The first kappa shape index (κ1) is 19.6. The standard InChI is InChI=1S/C21H19NO8/c1-26-14-5-4-12(17(18(14)27-2)21(25)28-3)19(23)22-7-6-11-8-15-16(30-10-29-15)9-13(11)20(22)24/h4-5,8-9H,6-7,10H2,1-3H3. The fraction of sp³-hybridized carbons (Fsp3) is 0.286. The molecule has 2 amide bonds. The fourth-order valence-corrected chi connectivity index (χ4v) is 3.62. The van der Waals surface area contributed by atoms with Crippen molar-refractivity contribution >= 4 is 17.8 Å². The predicted molar refractivity (Wildman–Crippen MR) is 103 cm³/mol. The third-order valence-corrected chi connectivity index (χ3v) is 5.09. The number of benzene rings is 2. The molecule has 0 aliphatic carbocycles. The third kappa shape index (κ3) is 2.99. The summed E-state index contributed by atoms with van der Waals surface area (Å²) in [6.07, 6.45) is 0.449. The molecule has 0 saturated carbocycles. The maximum atomic E-state index is 13.3. The first-order valence-corrected chi connectivity index (χ1v) is 9.12. The molecule has 2 aromatic carbocycles. The average Bonchev–Trinajstić information content (AvgIpc) is 3.23. The molecular weight excluding hydrogens is 394 g/mol. The van der Waals surface area contributed by atoms with Gasteiger partial charge in [0, 0.05) is 12.1 Å². The van der Waals surface area contributed by atoms with Crippen LogP contribution >= 0.6 is 0 Å². The monoisotopic (exact) mass is 413 g/mol. The van der Waals surface area contributed by atoms with Crippen LogP contribution in [0.15, 0.2) is 24.3 Å². The number of ether oxygens (including phenoxy) is 5. The van der Waals surface area contributed by atoms with Gasteiger partial charge in [0.15, 0.2) is 23.0 Å². The quantitative estimate of drug-likeness (QED) is 0.555. The van der Waals surface area contributed by atoms with E-state index in [4.69, 9.17) is 23.7 Å². The number of rotatable bonds is 4. The average molecular weight is 413 g/mol. The second-order valence-corrected chi connectivity index (χ2v) is 6.59. The molecule has 0 unspecified atom stereocenters. The largest absolute Gasteiger partial charge is 0.493 e. The Labute approximate surface area is 172 Å². The van der Waals surface area contributed by atoms with Crippen molar-refractivity contribution < 1.29 is 38.1 Å². The van der Waals surface area contributed by atoms with E-state index >= 15 is 0 Å². The number of imide groups is 1. The van der Waals surface area contributed by atoms with Gasteiger partial charge in [0.05, 0.1) is 26.9 Å². The maximum Gasteiger partial charge on any atom is 0.342 e. The highest BCUT2D eigenvalue weighted by Gasteiger charge is 2.35. The van der Waals surface area contributed by atoms with Crippen LogP contribution in [0.1, 0.15) is 36.6 Å². The van der Waals surface area contributed by atoms with Crippen LogP contribution in [-0.2, 0) is 11.2 Å². The molecule has 9 nitrogen and oxygen atoms in total. The molecule has 0 radical (unpaired) electrons. The van der Waals surface area contributed by atoms with Crippen LogP contribution in [0.3, 0.4) is 0 Å². The van der Waals surface area contributed by atoms with Crippen LogP contribution in [-0.4, -0.2) is 57.4 Å². The summed E-state index contributed by atoms with van der Waals surface area (Å²) in [6, 6.07) is 6.25. The van der Waals surface area contributed by atoms with Gasteiger partial charge in [-0.25, -0.2) is 4.79 Å². The van der Waals surface area contributed by atoms with Gasteiger partial charge < -0.3 is 23.7 Å². The van der Waals surface area contributed by atoms with Gasteiger partial charge in [0.1, 0.15) is 5.56 Å².